The quantitative estimate of drug-likeness (QED) is 0.741. The molecule has 0 N–H and O–H groups in total. The second kappa shape index (κ2) is 6.61. The van der Waals surface area contributed by atoms with Gasteiger partial charge in [0, 0.05) is 31.2 Å². The van der Waals surface area contributed by atoms with Crippen molar-refractivity contribution in [2.24, 2.45) is 0 Å². The molecule has 4 heterocycles. The number of fused-ring (bicyclic) bond motifs is 1. The van der Waals surface area contributed by atoms with Gasteiger partial charge in [0.05, 0.1) is 7.11 Å². The number of nitrogens with zero attached hydrogens (tertiary/aromatic N) is 4. The van der Waals surface area contributed by atoms with Crippen LogP contribution in [0.1, 0.15) is 29.9 Å². The Morgan fingerprint density at radius 1 is 1.25 bits per heavy atom. The van der Waals surface area contributed by atoms with E-state index in [0.29, 0.717) is 11.8 Å². The lowest BCUT2D eigenvalue weighted by molar-refractivity contribution is 0.204. The number of rotatable bonds is 4. The van der Waals surface area contributed by atoms with Crippen LogP contribution < -0.4 is 4.74 Å². The van der Waals surface area contributed by atoms with Crippen molar-refractivity contribution in [3.8, 4) is 5.88 Å². The molecule has 1 aliphatic heterocycles. The number of hydrogen-bond acceptors (Lipinski definition) is 4. The van der Waals surface area contributed by atoms with E-state index in [0.717, 1.165) is 25.3 Å². The molecule has 1 radical (unpaired) electrons. The number of pyridine rings is 2. The Bertz CT molecular complexity index is 804. The fraction of sp³-hybridized carbons (Fsp3) is 0.368. The molecular weight excluding hydrogens is 300 g/mol. The molecule has 1 aliphatic rings. The Kier molecular flexibility index (Phi) is 4.17. The van der Waals surface area contributed by atoms with E-state index < -0.39 is 0 Å². The van der Waals surface area contributed by atoms with Crippen LogP contribution in [0.5, 0.6) is 5.88 Å². The molecule has 4 rings (SSSR count). The van der Waals surface area contributed by atoms with Crippen LogP contribution >= 0.6 is 0 Å². The zero-order valence-electron chi connectivity index (χ0n) is 13.9. The van der Waals surface area contributed by atoms with E-state index in [1.165, 1.54) is 24.0 Å². The number of piperidine rings is 1. The Balaban J connectivity index is 1.37. The van der Waals surface area contributed by atoms with E-state index >= 15 is 0 Å². The van der Waals surface area contributed by atoms with Gasteiger partial charge in [-0.15, -0.1) is 0 Å². The lowest BCUT2D eigenvalue weighted by Crippen LogP contribution is -2.32. The second-order valence-electron chi connectivity index (χ2n) is 6.35. The largest absolute Gasteiger partial charge is 0.481 e. The van der Waals surface area contributed by atoms with Crippen molar-refractivity contribution >= 4 is 5.65 Å². The number of ether oxygens (including phenoxy) is 1. The van der Waals surface area contributed by atoms with Gasteiger partial charge in [-0.2, -0.15) is 0 Å². The van der Waals surface area contributed by atoms with Gasteiger partial charge in [0.25, 0.3) is 0 Å². The minimum absolute atomic E-state index is 0.622. The molecule has 0 amide bonds. The molecule has 5 heteroatoms. The van der Waals surface area contributed by atoms with Crippen LogP contribution in [0.15, 0.2) is 42.9 Å². The molecular formula is C19H21N4O. The zero-order chi connectivity index (χ0) is 16.4. The number of aromatic nitrogens is 3. The van der Waals surface area contributed by atoms with Crippen molar-refractivity contribution in [1.29, 1.82) is 0 Å². The summed E-state index contributed by atoms with van der Waals surface area (Å²) in [5.74, 6) is 1.29. The minimum Gasteiger partial charge on any atom is -0.481 e. The summed E-state index contributed by atoms with van der Waals surface area (Å²) in [6, 6.07) is 8.44. The fourth-order valence-electron chi connectivity index (χ4n) is 3.43. The molecule has 5 nitrogen and oxygen atoms in total. The van der Waals surface area contributed by atoms with Gasteiger partial charge in [0.15, 0.2) is 0 Å². The van der Waals surface area contributed by atoms with E-state index in [1.807, 2.05) is 22.9 Å². The highest BCUT2D eigenvalue weighted by Gasteiger charge is 2.21. The summed E-state index contributed by atoms with van der Waals surface area (Å²) in [5, 5.41) is 0. The first-order valence-corrected chi connectivity index (χ1v) is 8.38. The zero-order valence-corrected chi connectivity index (χ0v) is 13.9. The van der Waals surface area contributed by atoms with Crippen molar-refractivity contribution in [3.05, 3.63) is 60.2 Å². The number of imidazole rings is 1. The van der Waals surface area contributed by atoms with Crippen molar-refractivity contribution in [3.63, 3.8) is 0 Å². The number of methoxy groups -OCH3 is 1. The average Bonchev–Trinajstić information content (AvgIpc) is 3.11. The van der Waals surface area contributed by atoms with Gasteiger partial charge in [-0.3, -0.25) is 4.90 Å². The summed E-state index contributed by atoms with van der Waals surface area (Å²) in [6.07, 6.45) is 11.1. The van der Waals surface area contributed by atoms with Crippen LogP contribution in [0, 0.1) is 6.20 Å². The lowest BCUT2D eigenvalue weighted by atomic mass is 9.90. The third-order valence-corrected chi connectivity index (χ3v) is 4.84. The summed E-state index contributed by atoms with van der Waals surface area (Å²) in [4.78, 5) is 11.1. The smallest absolute Gasteiger partial charge is 0.212 e. The normalized spacial score (nSPS) is 16.5. The Labute approximate surface area is 141 Å². The summed E-state index contributed by atoms with van der Waals surface area (Å²) in [5.41, 5.74) is 3.62. The van der Waals surface area contributed by atoms with Gasteiger partial charge in [-0.1, -0.05) is 6.07 Å². The Morgan fingerprint density at radius 3 is 2.88 bits per heavy atom. The summed E-state index contributed by atoms with van der Waals surface area (Å²) in [6.45, 7) is 3.18. The van der Waals surface area contributed by atoms with Crippen LogP contribution in [0.3, 0.4) is 0 Å². The maximum absolute atomic E-state index is 5.11. The molecule has 0 bridgehead atoms. The second-order valence-corrected chi connectivity index (χ2v) is 6.35. The molecule has 123 valence electrons. The topological polar surface area (TPSA) is 42.7 Å². The Hall–Kier alpha value is -2.40. The van der Waals surface area contributed by atoms with E-state index in [9.17, 15) is 0 Å². The van der Waals surface area contributed by atoms with E-state index in [1.54, 1.807) is 7.11 Å². The molecule has 0 saturated carbocycles. The van der Waals surface area contributed by atoms with Crippen LogP contribution in [0.2, 0.25) is 0 Å². The molecule has 0 aliphatic carbocycles. The van der Waals surface area contributed by atoms with E-state index in [2.05, 4.69) is 45.5 Å². The van der Waals surface area contributed by atoms with Crippen molar-refractivity contribution in [2.75, 3.05) is 20.2 Å². The molecule has 0 atom stereocenters. The molecule has 1 saturated heterocycles. The SMILES string of the molecule is COc1ccc(CN2CCC(c3ccn4c[c]nc4c3)CC2)cn1. The van der Waals surface area contributed by atoms with Gasteiger partial charge < -0.3 is 9.14 Å². The standard InChI is InChI=1S/C19H21N4O/c1-24-19-3-2-15(13-21-19)14-22-8-4-16(5-9-22)17-6-10-23-11-7-20-18(23)12-17/h2-3,6,10-13,16H,4-5,8-9,14H2,1H3. The molecule has 1 fully saturated rings. The minimum atomic E-state index is 0.622. The highest BCUT2D eigenvalue weighted by molar-refractivity contribution is 5.42. The average molecular weight is 321 g/mol. The molecule has 0 spiro atoms. The first-order valence-electron chi connectivity index (χ1n) is 8.38. The van der Waals surface area contributed by atoms with Crippen LogP contribution in [0.4, 0.5) is 0 Å². The van der Waals surface area contributed by atoms with Crippen LogP contribution in [-0.2, 0) is 6.54 Å². The monoisotopic (exact) mass is 321 g/mol. The third-order valence-electron chi connectivity index (χ3n) is 4.84. The van der Waals surface area contributed by atoms with Gasteiger partial charge in [-0.05, 0) is 55.1 Å². The highest BCUT2D eigenvalue weighted by Crippen LogP contribution is 2.29. The lowest BCUT2D eigenvalue weighted by Gasteiger charge is -2.32. The molecule has 0 unspecified atom stereocenters. The van der Waals surface area contributed by atoms with Gasteiger partial charge >= 0.3 is 0 Å². The first-order chi connectivity index (χ1) is 11.8. The van der Waals surface area contributed by atoms with E-state index in [4.69, 9.17) is 4.74 Å². The maximum Gasteiger partial charge on any atom is 0.212 e. The van der Waals surface area contributed by atoms with Gasteiger partial charge in [-0.25, -0.2) is 9.97 Å². The highest BCUT2D eigenvalue weighted by atomic mass is 16.5. The molecule has 3 aromatic rings. The van der Waals surface area contributed by atoms with Crippen molar-refractivity contribution in [2.45, 2.75) is 25.3 Å². The van der Waals surface area contributed by atoms with E-state index in [-0.39, 0.29) is 0 Å². The number of likely N-dealkylation sites (tertiary alicyclic amines) is 1. The third kappa shape index (κ3) is 3.12. The Morgan fingerprint density at radius 2 is 2.12 bits per heavy atom. The van der Waals surface area contributed by atoms with Crippen molar-refractivity contribution < 1.29 is 4.74 Å². The fourth-order valence-corrected chi connectivity index (χ4v) is 3.43. The molecule has 3 aromatic heterocycles. The van der Waals surface area contributed by atoms with Gasteiger partial charge in [0.2, 0.25) is 5.88 Å². The molecule has 24 heavy (non-hydrogen) atoms. The van der Waals surface area contributed by atoms with Crippen LogP contribution in [0.25, 0.3) is 5.65 Å². The maximum atomic E-state index is 5.11. The number of hydrogen-bond donors (Lipinski definition) is 0. The summed E-state index contributed by atoms with van der Waals surface area (Å²) in [7, 11) is 1.64. The molecule has 0 aromatic carbocycles. The summed E-state index contributed by atoms with van der Waals surface area (Å²) >= 11 is 0. The van der Waals surface area contributed by atoms with Crippen molar-refractivity contribution in [1.82, 2.24) is 19.3 Å². The predicted molar refractivity (Wildman–Crippen MR) is 92.1 cm³/mol. The van der Waals surface area contributed by atoms with Gasteiger partial charge in [0.1, 0.15) is 11.8 Å². The predicted octanol–water partition coefficient (Wildman–Crippen LogP) is 2.92. The van der Waals surface area contributed by atoms with Crippen LogP contribution in [-0.4, -0.2) is 39.5 Å². The first kappa shape index (κ1) is 15.1. The summed E-state index contributed by atoms with van der Waals surface area (Å²) < 4.78 is 7.12.